The molecular formula is C22H20BrN3O5S. The molecule has 4 aromatic rings. The average molecular weight is 518 g/mol. The zero-order valence-electron chi connectivity index (χ0n) is 17.8. The Bertz CT molecular complexity index is 1370. The number of rotatable bonds is 7. The molecular weight excluding hydrogens is 498 g/mol. The van der Waals surface area contributed by atoms with Gasteiger partial charge in [-0.3, -0.25) is 4.79 Å². The van der Waals surface area contributed by atoms with Gasteiger partial charge in [0.05, 0.1) is 33.0 Å². The number of ether oxygens (including phenoxy) is 4. The minimum absolute atomic E-state index is 0.219. The van der Waals surface area contributed by atoms with Gasteiger partial charge >= 0.3 is 0 Å². The highest BCUT2D eigenvalue weighted by Crippen LogP contribution is 2.38. The average Bonchev–Trinajstić information content (AvgIpc) is 3.32. The summed E-state index contributed by atoms with van der Waals surface area (Å²) in [6.45, 7) is 0. The Balaban J connectivity index is 1.69. The number of aromatic nitrogens is 3. The molecule has 2 heterocycles. The van der Waals surface area contributed by atoms with Gasteiger partial charge in [0.15, 0.2) is 17.3 Å². The molecule has 0 bridgehead atoms. The van der Waals surface area contributed by atoms with Crippen molar-refractivity contribution in [1.29, 1.82) is 0 Å². The minimum Gasteiger partial charge on any atom is -0.497 e. The molecule has 4 rings (SSSR count). The van der Waals surface area contributed by atoms with Gasteiger partial charge in [-0.1, -0.05) is 27.3 Å². The first-order valence-electron chi connectivity index (χ1n) is 9.50. The van der Waals surface area contributed by atoms with Gasteiger partial charge in [-0.2, -0.15) is 4.52 Å². The Hall–Kier alpha value is -3.11. The van der Waals surface area contributed by atoms with Crippen LogP contribution in [-0.4, -0.2) is 43.0 Å². The fraction of sp³-hybridized carbons (Fsp3) is 0.227. The Kier molecular flexibility index (Phi) is 6.33. The van der Waals surface area contributed by atoms with Crippen LogP contribution in [-0.2, 0) is 6.42 Å². The minimum atomic E-state index is -0.219. The number of thiazole rings is 1. The molecule has 166 valence electrons. The molecule has 32 heavy (non-hydrogen) atoms. The maximum absolute atomic E-state index is 12.9. The zero-order chi connectivity index (χ0) is 22.8. The Morgan fingerprint density at radius 1 is 1.03 bits per heavy atom. The fourth-order valence-electron chi connectivity index (χ4n) is 3.27. The predicted molar refractivity (Wildman–Crippen MR) is 126 cm³/mol. The molecule has 0 unspecified atom stereocenters. The molecule has 0 saturated carbocycles. The highest BCUT2D eigenvalue weighted by atomic mass is 79.9. The largest absolute Gasteiger partial charge is 0.497 e. The summed E-state index contributed by atoms with van der Waals surface area (Å²) in [5.74, 6) is 2.85. The van der Waals surface area contributed by atoms with Crippen molar-refractivity contribution in [2.24, 2.45) is 0 Å². The summed E-state index contributed by atoms with van der Waals surface area (Å²) in [6.07, 6.45) is 2.21. The second kappa shape index (κ2) is 9.17. The third-order valence-corrected chi connectivity index (χ3v) is 6.48. The number of benzene rings is 2. The van der Waals surface area contributed by atoms with Crippen LogP contribution >= 0.6 is 27.3 Å². The van der Waals surface area contributed by atoms with E-state index in [0.29, 0.717) is 44.7 Å². The van der Waals surface area contributed by atoms with Crippen molar-refractivity contribution in [2.45, 2.75) is 6.42 Å². The monoisotopic (exact) mass is 517 g/mol. The van der Waals surface area contributed by atoms with Gasteiger partial charge in [0, 0.05) is 10.9 Å². The molecule has 10 heteroatoms. The lowest BCUT2D eigenvalue weighted by molar-refractivity contribution is 0.324. The van der Waals surface area contributed by atoms with Crippen molar-refractivity contribution >= 4 is 38.3 Å². The number of hydrogen-bond acceptors (Lipinski definition) is 8. The van der Waals surface area contributed by atoms with E-state index in [1.54, 1.807) is 34.5 Å². The molecule has 8 nitrogen and oxygen atoms in total. The van der Waals surface area contributed by atoms with Crippen LogP contribution in [0.25, 0.3) is 11.0 Å². The van der Waals surface area contributed by atoms with Crippen LogP contribution in [0.5, 0.6) is 23.0 Å². The van der Waals surface area contributed by atoms with Gasteiger partial charge in [-0.15, -0.1) is 5.10 Å². The summed E-state index contributed by atoms with van der Waals surface area (Å²) in [7, 11) is 6.28. The quantitative estimate of drug-likeness (QED) is 0.372. The van der Waals surface area contributed by atoms with Crippen LogP contribution in [0.4, 0.5) is 0 Å². The van der Waals surface area contributed by atoms with Crippen LogP contribution in [0.2, 0.25) is 0 Å². The fourth-order valence-corrected chi connectivity index (χ4v) is 4.55. The molecule has 2 aromatic heterocycles. The van der Waals surface area contributed by atoms with Gasteiger partial charge in [0.25, 0.3) is 5.56 Å². The van der Waals surface area contributed by atoms with Gasteiger partial charge in [-0.25, -0.2) is 4.98 Å². The van der Waals surface area contributed by atoms with Crippen LogP contribution in [0, 0.1) is 0 Å². The lowest BCUT2D eigenvalue weighted by Gasteiger charge is -2.13. The Morgan fingerprint density at radius 2 is 1.75 bits per heavy atom. The molecule has 0 amide bonds. The SMILES string of the molecule is COc1ccc(Br)c(/C=c2\sc3nc(Cc4cc(OC)c(OC)c(OC)c4)nn3c2=O)c1. The number of nitrogens with zero attached hydrogens (tertiary/aromatic N) is 3. The van der Waals surface area contributed by atoms with Crippen molar-refractivity contribution in [3.63, 3.8) is 0 Å². The van der Waals surface area contributed by atoms with E-state index >= 15 is 0 Å². The van der Waals surface area contributed by atoms with E-state index in [1.807, 2.05) is 30.3 Å². The highest BCUT2D eigenvalue weighted by molar-refractivity contribution is 9.10. The van der Waals surface area contributed by atoms with Crippen LogP contribution in [0.15, 0.2) is 39.6 Å². The maximum Gasteiger partial charge on any atom is 0.291 e. The first-order valence-corrected chi connectivity index (χ1v) is 11.1. The predicted octanol–water partition coefficient (Wildman–Crippen LogP) is 3.09. The summed E-state index contributed by atoms with van der Waals surface area (Å²) in [4.78, 5) is 18.0. The van der Waals surface area contributed by atoms with Crippen LogP contribution in [0.1, 0.15) is 17.0 Å². The first-order chi connectivity index (χ1) is 15.5. The topological polar surface area (TPSA) is 84.2 Å². The standard InChI is InChI=1S/C22H20BrN3O5S/c1-28-14-5-6-15(23)13(10-14)11-18-21(27)26-22(32-18)24-19(25-26)9-12-7-16(29-2)20(31-4)17(8-12)30-3/h5-8,10-11H,9H2,1-4H3/b18-11-. The van der Waals surface area contributed by atoms with Gasteiger partial charge in [0.1, 0.15) is 5.75 Å². The molecule has 0 fully saturated rings. The van der Waals surface area contributed by atoms with Gasteiger partial charge in [-0.05, 0) is 47.5 Å². The van der Waals surface area contributed by atoms with E-state index in [-0.39, 0.29) is 5.56 Å². The second-order valence-corrected chi connectivity index (χ2v) is 8.60. The third-order valence-electron chi connectivity index (χ3n) is 4.80. The lowest BCUT2D eigenvalue weighted by atomic mass is 10.1. The van der Waals surface area contributed by atoms with Crippen molar-refractivity contribution in [3.8, 4) is 23.0 Å². The van der Waals surface area contributed by atoms with Crippen molar-refractivity contribution in [3.05, 3.63) is 66.6 Å². The van der Waals surface area contributed by atoms with E-state index in [9.17, 15) is 4.79 Å². The summed E-state index contributed by atoms with van der Waals surface area (Å²) in [5.41, 5.74) is 1.49. The lowest BCUT2D eigenvalue weighted by Crippen LogP contribution is -2.23. The van der Waals surface area contributed by atoms with Crippen molar-refractivity contribution < 1.29 is 18.9 Å². The molecule has 0 N–H and O–H groups in total. The van der Waals surface area contributed by atoms with E-state index in [0.717, 1.165) is 15.6 Å². The van der Waals surface area contributed by atoms with Crippen LogP contribution in [0.3, 0.4) is 0 Å². The summed E-state index contributed by atoms with van der Waals surface area (Å²) in [6, 6.07) is 9.26. The van der Waals surface area contributed by atoms with Crippen LogP contribution < -0.4 is 29.0 Å². The number of halogens is 1. The summed E-state index contributed by atoms with van der Waals surface area (Å²) < 4.78 is 24.2. The molecule has 0 spiro atoms. The molecule has 0 aliphatic carbocycles. The zero-order valence-corrected chi connectivity index (χ0v) is 20.2. The van der Waals surface area contributed by atoms with Gasteiger partial charge in [0.2, 0.25) is 10.7 Å². The van der Waals surface area contributed by atoms with Crippen molar-refractivity contribution in [2.75, 3.05) is 28.4 Å². The molecule has 0 aliphatic heterocycles. The Morgan fingerprint density at radius 3 is 2.34 bits per heavy atom. The van der Waals surface area contributed by atoms with Crippen molar-refractivity contribution in [1.82, 2.24) is 14.6 Å². The highest BCUT2D eigenvalue weighted by Gasteiger charge is 2.16. The number of fused-ring (bicyclic) bond motifs is 1. The van der Waals surface area contributed by atoms with E-state index in [4.69, 9.17) is 18.9 Å². The molecule has 2 aromatic carbocycles. The normalized spacial score (nSPS) is 11.7. The summed E-state index contributed by atoms with van der Waals surface area (Å²) >= 11 is 4.79. The third kappa shape index (κ3) is 4.15. The molecule has 0 atom stereocenters. The smallest absolute Gasteiger partial charge is 0.291 e. The van der Waals surface area contributed by atoms with E-state index in [2.05, 4.69) is 26.0 Å². The van der Waals surface area contributed by atoms with E-state index < -0.39 is 0 Å². The second-order valence-electron chi connectivity index (χ2n) is 6.74. The number of methoxy groups -OCH3 is 4. The van der Waals surface area contributed by atoms with E-state index in [1.165, 1.54) is 15.9 Å². The van der Waals surface area contributed by atoms with Gasteiger partial charge < -0.3 is 18.9 Å². The maximum atomic E-state index is 12.9. The Labute approximate surface area is 196 Å². The molecule has 0 aliphatic rings. The molecule has 0 saturated heterocycles. The first kappa shape index (κ1) is 22.1. The summed E-state index contributed by atoms with van der Waals surface area (Å²) in [5, 5.41) is 4.41. The molecule has 0 radical (unpaired) electrons. The number of hydrogen-bond donors (Lipinski definition) is 0.